The first kappa shape index (κ1) is 17.6. The van der Waals surface area contributed by atoms with E-state index in [1.54, 1.807) is 12.1 Å². The van der Waals surface area contributed by atoms with Crippen molar-refractivity contribution in [3.8, 4) is 17.1 Å². The van der Waals surface area contributed by atoms with Gasteiger partial charge in [0.2, 0.25) is 0 Å². The average Bonchev–Trinajstić information content (AvgIpc) is 3.41. The third-order valence-corrected chi connectivity index (χ3v) is 4.91. The number of nitrogens with zero attached hydrogens (tertiary/aromatic N) is 1. The van der Waals surface area contributed by atoms with Gasteiger partial charge in [-0.25, -0.2) is 4.98 Å². The fourth-order valence-corrected chi connectivity index (χ4v) is 3.48. The maximum absolute atomic E-state index is 12.3. The standard InChI is InChI=1S/C19H14BrN3O3S/c20-12-3-1-4-13(9-12)25-10-14-6-7-17(26-14)18(24)23-19-22-16(11-27-19)15-5-2-8-21-15/h1-9,11,21H,10H2,(H,22,23,24). The molecule has 0 bridgehead atoms. The van der Waals surface area contributed by atoms with Crippen LogP contribution in [-0.2, 0) is 6.61 Å². The van der Waals surface area contributed by atoms with E-state index in [0.29, 0.717) is 16.6 Å². The van der Waals surface area contributed by atoms with E-state index in [0.717, 1.165) is 15.9 Å². The third-order valence-electron chi connectivity index (χ3n) is 3.66. The SMILES string of the molecule is O=C(Nc1nc(-c2ccc[nH]2)cs1)c1ccc(COc2cccc(Br)c2)o1. The lowest BCUT2D eigenvalue weighted by molar-refractivity contribution is 0.0992. The van der Waals surface area contributed by atoms with E-state index in [4.69, 9.17) is 9.15 Å². The predicted molar refractivity (Wildman–Crippen MR) is 107 cm³/mol. The zero-order chi connectivity index (χ0) is 18.6. The van der Waals surface area contributed by atoms with E-state index in [9.17, 15) is 4.79 Å². The van der Waals surface area contributed by atoms with Crippen LogP contribution >= 0.6 is 27.3 Å². The second kappa shape index (κ2) is 7.81. The summed E-state index contributed by atoms with van der Waals surface area (Å²) in [5.41, 5.74) is 1.68. The molecular weight excluding hydrogens is 430 g/mol. The number of anilines is 1. The Kier molecular flexibility index (Phi) is 5.08. The quantitative estimate of drug-likeness (QED) is 0.422. The van der Waals surface area contributed by atoms with Crippen LogP contribution in [0.2, 0.25) is 0 Å². The summed E-state index contributed by atoms with van der Waals surface area (Å²) in [6, 6.07) is 14.7. The normalized spacial score (nSPS) is 10.7. The van der Waals surface area contributed by atoms with Crippen LogP contribution < -0.4 is 10.1 Å². The second-order valence-electron chi connectivity index (χ2n) is 5.59. The zero-order valence-electron chi connectivity index (χ0n) is 13.9. The molecule has 3 aromatic heterocycles. The van der Waals surface area contributed by atoms with Crippen LogP contribution in [0.3, 0.4) is 0 Å². The lowest BCUT2D eigenvalue weighted by Crippen LogP contribution is -2.10. The first-order chi connectivity index (χ1) is 13.2. The molecule has 6 nitrogen and oxygen atoms in total. The van der Waals surface area contributed by atoms with Crippen LogP contribution in [0.1, 0.15) is 16.3 Å². The highest BCUT2D eigenvalue weighted by atomic mass is 79.9. The highest BCUT2D eigenvalue weighted by molar-refractivity contribution is 9.10. The fourth-order valence-electron chi connectivity index (χ4n) is 2.39. The molecule has 0 atom stereocenters. The Balaban J connectivity index is 1.37. The first-order valence-electron chi connectivity index (χ1n) is 8.05. The monoisotopic (exact) mass is 443 g/mol. The molecule has 0 spiro atoms. The number of halogens is 1. The molecule has 136 valence electrons. The molecule has 8 heteroatoms. The number of carbonyl (C=O) groups excluding carboxylic acids is 1. The van der Waals surface area contributed by atoms with Gasteiger partial charge < -0.3 is 14.1 Å². The van der Waals surface area contributed by atoms with E-state index in [1.165, 1.54) is 11.3 Å². The molecular formula is C19H14BrN3O3S. The van der Waals surface area contributed by atoms with E-state index in [2.05, 4.69) is 31.2 Å². The van der Waals surface area contributed by atoms with Crippen molar-refractivity contribution in [2.75, 3.05) is 5.32 Å². The average molecular weight is 444 g/mol. The highest BCUT2D eigenvalue weighted by Crippen LogP contribution is 2.24. The fraction of sp³-hybridized carbons (Fsp3) is 0.0526. The summed E-state index contributed by atoms with van der Waals surface area (Å²) in [6.07, 6.45) is 1.83. The van der Waals surface area contributed by atoms with E-state index < -0.39 is 0 Å². The number of ether oxygens (including phenoxy) is 1. The number of amides is 1. The van der Waals surface area contributed by atoms with Crippen LogP contribution in [0.4, 0.5) is 5.13 Å². The van der Waals surface area contributed by atoms with Gasteiger partial charge in [-0.15, -0.1) is 11.3 Å². The molecule has 4 rings (SSSR count). The summed E-state index contributed by atoms with van der Waals surface area (Å²) in [5, 5.41) is 5.13. The third kappa shape index (κ3) is 4.29. The number of nitrogens with one attached hydrogen (secondary N) is 2. The summed E-state index contributed by atoms with van der Waals surface area (Å²) >= 11 is 4.75. The van der Waals surface area contributed by atoms with E-state index >= 15 is 0 Å². The van der Waals surface area contributed by atoms with Crippen molar-refractivity contribution in [3.05, 3.63) is 76.1 Å². The minimum absolute atomic E-state index is 0.208. The van der Waals surface area contributed by atoms with Crippen molar-refractivity contribution in [1.29, 1.82) is 0 Å². The number of rotatable bonds is 6. The lowest BCUT2D eigenvalue weighted by Gasteiger charge is -2.04. The van der Waals surface area contributed by atoms with E-state index in [-0.39, 0.29) is 18.3 Å². The van der Waals surface area contributed by atoms with Gasteiger partial charge in [0, 0.05) is 16.0 Å². The smallest absolute Gasteiger partial charge is 0.293 e. The van der Waals surface area contributed by atoms with Crippen molar-refractivity contribution in [2.45, 2.75) is 6.61 Å². The summed E-state index contributed by atoms with van der Waals surface area (Å²) in [4.78, 5) is 19.8. The van der Waals surface area contributed by atoms with Crippen molar-refractivity contribution < 1.29 is 13.9 Å². The minimum Gasteiger partial charge on any atom is -0.486 e. The number of benzene rings is 1. The van der Waals surface area contributed by atoms with Crippen molar-refractivity contribution in [1.82, 2.24) is 9.97 Å². The van der Waals surface area contributed by atoms with Crippen LogP contribution in [0.5, 0.6) is 5.75 Å². The molecule has 2 N–H and O–H groups in total. The Hall–Kier alpha value is -2.84. The highest BCUT2D eigenvalue weighted by Gasteiger charge is 2.14. The number of carbonyl (C=O) groups is 1. The van der Waals surface area contributed by atoms with Crippen molar-refractivity contribution in [3.63, 3.8) is 0 Å². The lowest BCUT2D eigenvalue weighted by atomic mass is 10.3. The molecule has 1 aromatic carbocycles. The molecule has 0 saturated carbocycles. The van der Waals surface area contributed by atoms with Gasteiger partial charge in [0.1, 0.15) is 18.1 Å². The largest absolute Gasteiger partial charge is 0.486 e. The van der Waals surface area contributed by atoms with Gasteiger partial charge in [-0.2, -0.15) is 0 Å². The molecule has 3 heterocycles. The number of aromatic amines is 1. The summed E-state index contributed by atoms with van der Waals surface area (Å²) in [5.74, 6) is 1.13. The van der Waals surface area contributed by atoms with Gasteiger partial charge in [0.25, 0.3) is 5.91 Å². The summed E-state index contributed by atoms with van der Waals surface area (Å²) < 4.78 is 12.2. The Morgan fingerprint density at radius 3 is 3.00 bits per heavy atom. The summed E-state index contributed by atoms with van der Waals surface area (Å²) in [6.45, 7) is 0.234. The topological polar surface area (TPSA) is 80.2 Å². The van der Waals surface area contributed by atoms with E-state index in [1.807, 2.05) is 48.0 Å². The number of thiazole rings is 1. The molecule has 0 aliphatic heterocycles. The molecule has 27 heavy (non-hydrogen) atoms. The molecule has 4 aromatic rings. The Morgan fingerprint density at radius 2 is 2.19 bits per heavy atom. The van der Waals surface area contributed by atoms with Gasteiger partial charge in [-0.3, -0.25) is 10.1 Å². The molecule has 0 unspecified atom stereocenters. The number of furan rings is 1. The number of H-pyrrole nitrogens is 1. The van der Waals surface area contributed by atoms with Crippen LogP contribution in [0, 0.1) is 0 Å². The van der Waals surface area contributed by atoms with Crippen LogP contribution in [-0.4, -0.2) is 15.9 Å². The molecule has 0 fully saturated rings. The Bertz CT molecular complexity index is 1060. The number of hydrogen-bond acceptors (Lipinski definition) is 5. The van der Waals surface area contributed by atoms with Crippen molar-refractivity contribution in [2.24, 2.45) is 0 Å². The van der Waals surface area contributed by atoms with Gasteiger partial charge >= 0.3 is 0 Å². The van der Waals surface area contributed by atoms with Gasteiger partial charge in [0.05, 0.1) is 11.4 Å². The molecule has 0 saturated heterocycles. The Morgan fingerprint density at radius 1 is 1.26 bits per heavy atom. The van der Waals surface area contributed by atoms with Gasteiger partial charge in [-0.1, -0.05) is 22.0 Å². The second-order valence-corrected chi connectivity index (χ2v) is 7.36. The maximum atomic E-state index is 12.3. The molecule has 0 radical (unpaired) electrons. The number of aromatic nitrogens is 2. The van der Waals surface area contributed by atoms with Gasteiger partial charge in [0.15, 0.2) is 10.9 Å². The zero-order valence-corrected chi connectivity index (χ0v) is 16.3. The molecule has 1 amide bonds. The van der Waals surface area contributed by atoms with Crippen LogP contribution in [0.15, 0.2) is 69.0 Å². The maximum Gasteiger partial charge on any atom is 0.293 e. The van der Waals surface area contributed by atoms with Gasteiger partial charge in [-0.05, 0) is 42.5 Å². The molecule has 0 aliphatic rings. The van der Waals surface area contributed by atoms with Crippen molar-refractivity contribution >= 4 is 38.3 Å². The minimum atomic E-state index is -0.351. The Labute approximate surface area is 167 Å². The predicted octanol–water partition coefficient (Wildman–Crippen LogP) is 5.33. The first-order valence-corrected chi connectivity index (χ1v) is 9.72. The summed E-state index contributed by atoms with van der Waals surface area (Å²) in [7, 11) is 0. The molecule has 0 aliphatic carbocycles. The van der Waals surface area contributed by atoms with Crippen LogP contribution in [0.25, 0.3) is 11.4 Å². The number of hydrogen-bond donors (Lipinski definition) is 2.